The maximum Gasteiger partial charge on any atom is 0.227 e. The maximum absolute atomic E-state index is 13.9. The summed E-state index contributed by atoms with van der Waals surface area (Å²) in [5.74, 6) is -0.443. The number of aromatic amines is 1. The van der Waals surface area contributed by atoms with Gasteiger partial charge in [0.2, 0.25) is 5.91 Å². The summed E-state index contributed by atoms with van der Waals surface area (Å²) in [5.41, 5.74) is 3.29. The van der Waals surface area contributed by atoms with Crippen molar-refractivity contribution in [3.8, 4) is 0 Å². The quantitative estimate of drug-likeness (QED) is 0.722. The average molecular weight is 397 g/mol. The number of rotatable bonds is 4. The van der Waals surface area contributed by atoms with E-state index in [-0.39, 0.29) is 24.0 Å². The monoisotopic (exact) mass is 397 g/mol. The van der Waals surface area contributed by atoms with Crippen LogP contribution in [-0.2, 0) is 17.8 Å². The molecule has 2 heterocycles. The molecular weight excluding hydrogens is 372 g/mol. The lowest BCUT2D eigenvalue weighted by atomic mass is 10.1. The Morgan fingerprint density at radius 2 is 1.90 bits per heavy atom. The zero-order chi connectivity index (χ0) is 20.4. The van der Waals surface area contributed by atoms with E-state index in [1.807, 2.05) is 24.0 Å². The number of hydrogen-bond donors (Lipinski definition) is 1. The lowest BCUT2D eigenvalue weighted by Crippen LogP contribution is -2.36. The molecule has 3 aromatic rings. The molecule has 0 radical (unpaired) electrons. The van der Waals surface area contributed by atoms with E-state index in [2.05, 4.69) is 9.88 Å². The number of aromatic nitrogens is 1. The number of amides is 1. The zero-order valence-corrected chi connectivity index (χ0v) is 16.5. The molecule has 1 N–H and O–H groups in total. The number of nitrogens with one attached hydrogen (secondary N) is 1. The van der Waals surface area contributed by atoms with Crippen molar-refractivity contribution in [1.29, 1.82) is 0 Å². The fraction of sp³-hybridized carbons (Fsp3) is 0.348. The van der Waals surface area contributed by atoms with Gasteiger partial charge in [-0.15, -0.1) is 0 Å². The van der Waals surface area contributed by atoms with Crippen LogP contribution in [0.5, 0.6) is 0 Å². The minimum Gasteiger partial charge on any atom is -0.358 e. The van der Waals surface area contributed by atoms with Gasteiger partial charge in [0.25, 0.3) is 0 Å². The molecule has 0 spiro atoms. The van der Waals surface area contributed by atoms with E-state index < -0.39 is 0 Å². The van der Waals surface area contributed by atoms with Gasteiger partial charge in [-0.2, -0.15) is 0 Å². The zero-order valence-electron chi connectivity index (χ0n) is 16.5. The van der Waals surface area contributed by atoms with Crippen molar-refractivity contribution in [3.63, 3.8) is 0 Å². The van der Waals surface area contributed by atoms with Crippen molar-refractivity contribution in [2.24, 2.45) is 0 Å². The Balaban J connectivity index is 1.42. The van der Waals surface area contributed by atoms with Crippen LogP contribution in [0.1, 0.15) is 23.2 Å². The first-order valence-corrected chi connectivity index (χ1v) is 10.0. The van der Waals surface area contributed by atoms with Crippen molar-refractivity contribution >= 4 is 16.8 Å². The second-order valence-electron chi connectivity index (χ2n) is 7.70. The summed E-state index contributed by atoms with van der Waals surface area (Å²) >= 11 is 0. The molecule has 2 aromatic carbocycles. The molecule has 0 aliphatic carbocycles. The first-order valence-electron chi connectivity index (χ1n) is 10.0. The molecule has 1 amide bonds. The molecule has 0 atom stereocenters. The van der Waals surface area contributed by atoms with Gasteiger partial charge in [-0.3, -0.25) is 9.69 Å². The first kappa shape index (κ1) is 19.6. The lowest BCUT2D eigenvalue weighted by molar-refractivity contribution is -0.130. The van der Waals surface area contributed by atoms with Gasteiger partial charge >= 0.3 is 0 Å². The Hall–Kier alpha value is -2.73. The van der Waals surface area contributed by atoms with Crippen molar-refractivity contribution in [3.05, 3.63) is 70.9 Å². The summed E-state index contributed by atoms with van der Waals surface area (Å²) in [6, 6.07) is 11.4. The average Bonchev–Trinajstić information content (AvgIpc) is 2.86. The summed E-state index contributed by atoms with van der Waals surface area (Å²) in [4.78, 5) is 20.3. The SMILES string of the molecule is Cc1[nH]c2ccc(F)cc2c1CC(=O)N1CCCN(Cc2ccccc2F)CC1. The smallest absolute Gasteiger partial charge is 0.227 e. The summed E-state index contributed by atoms with van der Waals surface area (Å²) in [6.07, 6.45) is 1.10. The van der Waals surface area contributed by atoms with E-state index in [0.717, 1.165) is 35.1 Å². The summed E-state index contributed by atoms with van der Waals surface area (Å²) in [5, 5.41) is 0.770. The van der Waals surface area contributed by atoms with Crippen LogP contribution in [0.4, 0.5) is 8.78 Å². The predicted molar refractivity (Wildman–Crippen MR) is 110 cm³/mol. The van der Waals surface area contributed by atoms with Crippen LogP contribution in [0.15, 0.2) is 42.5 Å². The Kier molecular flexibility index (Phi) is 5.62. The van der Waals surface area contributed by atoms with Crippen molar-refractivity contribution < 1.29 is 13.6 Å². The number of carbonyl (C=O) groups is 1. The Morgan fingerprint density at radius 1 is 1.07 bits per heavy atom. The van der Waals surface area contributed by atoms with Crippen LogP contribution in [0.2, 0.25) is 0 Å². The van der Waals surface area contributed by atoms with Gasteiger partial charge in [0.05, 0.1) is 6.42 Å². The minimum absolute atomic E-state index is 0.0472. The van der Waals surface area contributed by atoms with Gasteiger partial charge in [0.1, 0.15) is 11.6 Å². The number of aryl methyl sites for hydroxylation is 1. The molecule has 1 aliphatic rings. The third kappa shape index (κ3) is 4.32. The number of H-pyrrole nitrogens is 1. The summed E-state index contributed by atoms with van der Waals surface area (Å²) < 4.78 is 27.6. The molecule has 1 aromatic heterocycles. The number of carbonyl (C=O) groups excluding carboxylic acids is 1. The van der Waals surface area contributed by atoms with Crippen molar-refractivity contribution in [2.75, 3.05) is 26.2 Å². The van der Waals surface area contributed by atoms with Gasteiger partial charge in [-0.05, 0) is 43.2 Å². The molecule has 29 heavy (non-hydrogen) atoms. The van der Waals surface area contributed by atoms with Crippen LogP contribution < -0.4 is 0 Å². The van der Waals surface area contributed by atoms with E-state index in [1.165, 1.54) is 18.2 Å². The largest absolute Gasteiger partial charge is 0.358 e. The third-order valence-corrected chi connectivity index (χ3v) is 5.70. The fourth-order valence-corrected chi connectivity index (χ4v) is 4.09. The summed E-state index contributed by atoms with van der Waals surface area (Å²) in [6.45, 7) is 5.30. The molecule has 0 unspecified atom stereocenters. The van der Waals surface area contributed by atoms with E-state index in [1.54, 1.807) is 12.1 Å². The molecule has 1 saturated heterocycles. The van der Waals surface area contributed by atoms with Gasteiger partial charge in [-0.25, -0.2) is 8.78 Å². The number of halogens is 2. The van der Waals surface area contributed by atoms with Gasteiger partial charge < -0.3 is 9.88 Å². The number of fused-ring (bicyclic) bond motifs is 1. The van der Waals surface area contributed by atoms with Crippen LogP contribution in [0.25, 0.3) is 10.9 Å². The second kappa shape index (κ2) is 8.33. The Labute approximate surface area is 169 Å². The number of nitrogens with zero attached hydrogens (tertiary/aromatic N) is 2. The highest BCUT2D eigenvalue weighted by molar-refractivity contribution is 5.90. The minimum atomic E-state index is -0.302. The molecule has 1 aliphatic heterocycles. The first-order chi connectivity index (χ1) is 14.0. The fourth-order valence-electron chi connectivity index (χ4n) is 4.09. The van der Waals surface area contributed by atoms with Crippen molar-refractivity contribution in [2.45, 2.75) is 26.3 Å². The van der Waals surface area contributed by atoms with Crippen molar-refractivity contribution in [1.82, 2.24) is 14.8 Å². The molecular formula is C23H25F2N3O. The highest BCUT2D eigenvalue weighted by Gasteiger charge is 2.22. The molecule has 0 saturated carbocycles. The van der Waals surface area contributed by atoms with E-state index >= 15 is 0 Å². The van der Waals surface area contributed by atoms with E-state index in [9.17, 15) is 13.6 Å². The Morgan fingerprint density at radius 3 is 2.72 bits per heavy atom. The molecule has 152 valence electrons. The third-order valence-electron chi connectivity index (χ3n) is 5.70. The lowest BCUT2D eigenvalue weighted by Gasteiger charge is -2.22. The Bertz CT molecular complexity index is 1030. The molecule has 1 fully saturated rings. The molecule has 0 bridgehead atoms. The van der Waals surface area contributed by atoms with Crippen LogP contribution in [0.3, 0.4) is 0 Å². The number of hydrogen-bond acceptors (Lipinski definition) is 2. The predicted octanol–water partition coefficient (Wildman–Crippen LogP) is 4.03. The van der Waals surface area contributed by atoms with Crippen LogP contribution >= 0.6 is 0 Å². The molecule has 4 nitrogen and oxygen atoms in total. The standard InChI is InChI=1S/C23H25F2N3O/c1-16-19(20-13-18(24)7-8-22(20)26-16)14-23(29)28-10-4-9-27(11-12-28)15-17-5-2-3-6-21(17)25/h2-3,5-8,13,26H,4,9-12,14-15H2,1H3. The highest BCUT2D eigenvalue weighted by Crippen LogP contribution is 2.24. The molecule has 4 rings (SSSR count). The van der Waals surface area contributed by atoms with Gasteiger partial charge in [0.15, 0.2) is 0 Å². The topological polar surface area (TPSA) is 39.3 Å². The maximum atomic E-state index is 13.9. The normalized spacial score (nSPS) is 15.6. The highest BCUT2D eigenvalue weighted by atomic mass is 19.1. The molecule has 6 heteroatoms. The van der Waals surface area contributed by atoms with E-state index in [0.29, 0.717) is 31.7 Å². The van der Waals surface area contributed by atoms with Gasteiger partial charge in [-0.1, -0.05) is 18.2 Å². The van der Waals surface area contributed by atoms with Gasteiger partial charge in [0, 0.05) is 54.9 Å². The van der Waals surface area contributed by atoms with E-state index in [4.69, 9.17) is 0 Å². The number of benzene rings is 2. The van der Waals surface area contributed by atoms with Crippen LogP contribution in [-0.4, -0.2) is 46.9 Å². The summed E-state index contributed by atoms with van der Waals surface area (Å²) in [7, 11) is 0. The van der Waals surface area contributed by atoms with Crippen LogP contribution in [0, 0.1) is 18.6 Å². The second-order valence-corrected chi connectivity index (χ2v) is 7.70.